The van der Waals surface area contributed by atoms with Gasteiger partial charge in [-0.25, -0.2) is 18.4 Å². The molecule has 2 aromatic carbocycles. The lowest BCUT2D eigenvalue weighted by atomic mass is 10.1. The van der Waals surface area contributed by atoms with Crippen LogP contribution in [0.1, 0.15) is 10.4 Å². The first kappa shape index (κ1) is 16.7. The highest BCUT2D eigenvalue weighted by molar-refractivity contribution is 7.89. The Morgan fingerprint density at radius 1 is 1.08 bits per heavy atom. The molecule has 0 unspecified atom stereocenters. The molecule has 1 amide bonds. The van der Waals surface area contributed by atoms with Crippen LogP contribution in [0.25, 0.3) is 11.0 Å². The van der Waals surface area contributed by atoms with Crippen LogP contribution in [-0.2, 0) is 10.0 Å². The van der Waals surface area contributed by atoms with Crippen molar-refractivity contribution in [1.82, 2.24) is 0 Å². The van der Waals surface area contributed by atoms with Gasteiger partial charge in [-0.3, -0.25) is 4.79 Å². The maximum atomic E-state index is 12.3. The van der Waals surface area contributed by atoms with Gasteiger partial charge >= 0.3 is 5.63 Å². The molecule has 1 aromatic heterocycles. The van der Waals surface area contributed by atoms with Crippen LogP contribution in [0, 0.1) is 0 Å². The largest absolute Gasteiger partial charge is 0.508 e. The van der Waals surface area contributed by atoms with E-state index in [1.165, 1.54) is 48.5 Å². The van der Waals surface area contributed by atoms with Gasteiger partial charge in [-0.1, -0.05) is 0 Å². The number of sulfonamides is 1. The third kappa shape index (κ3) is 3.52. The molecule has 0 aliphatic carbocycles. The molecule has 4 N–H and O–H groups in total. The quantitative estimate of drug-likeness (QED) is 0.603. The van der Waals surface area contributed by atoms with E-state index in [-0.39, 0.29) is 27.5 Å². The first-order valence-corrected chi connectivity index (χ1v) is 8.50. The third-order valence-electron chi connectivity index (χ3n) is 3.40. The van der Waals surface area contributed by atoms with Crippen molar-refractivity contribution in [1.29, 1.82) is 0 Å². The van der Waals surface area contributed by atoms with E-state index in [0.29, 0.717) is 5.39 Å². The van der Waals surface area contributed by atoms with Gasteiger partial charge < -0.3 is 14.8 Å². The second kappa shape index (κ2) is 6.04. The van der Waals surface area contributed by atoms with Gasteiger partial charge in [0.05, 0.1) is 4.90 Å². The zero-order chi connectivity index (χ0) is 18.2. The lowest BCUT2D eigenvalue weighted by Crippen LogP contribution is -2.20. The maximum absolute atomic E-state index is 12.3. The van der Waals surface area contributed by atoms with Gasteiger partial charge in [0, 0.05) is 17.1 Å². The van der Waals surface area contributed by atoms with Crippen LogP contribution in [-0.4, -0.2) is 19.4 Å². The number of amides is 1. The van der Waals surface area contributed by atoms with Crippen LogP contribution in [0.2, 0.25) is 0 Å². The van der Waals surface area contributed by atoms with Crippen molar-refractivity contribution in [3.63, 3.8) is 0 Å². The normalized spacial score (nSPS) is 11.4. The molecule has 0 aliphatic rings. The highest BCUT2D eigenvalue weighted by atomic mass is 32.2. The summed E-state index contributed by atoms with van der Waals surface area (Å²) in [5, 5.41) is 17.3. The van der Waals surface area contributed by atoms with Crippen LogP contribution in [0.5, 0.6) is 5.75 Å². The number of hydrogen-bond donors (Lipinski definition) is 3. The van der Waals surface area contributed by atoms with Crippen LogP contribution in [0.3, 0.4) is 0 Å². The van der Waals surface area contributed by atoms with Gasteiger partial charge in [-0.2, -0.15) is 0 Å². The fraction of sp³-hybridized carbons (Fsp3) is 0. The zero-order valence-corrected chi connectivity index (χ0v) is 13.4. The topological polar surface area (TPSA) is 140 Å². The summed E-state index contributed by atoms with van der Waals surface area (Å²) in [4.78, 5) is 24.1. The number of phenolic OH excluding ortho intramolecular Hbond substituents is 1. The van der Waals surface area contributed by atoms with Gasteiger partial charge in [0.15, 0.2) is 0 Å². The monoisotopic (exact) mass is 360 g/mol. The van der Waals surface area contributed by atoms with Gasteiger partial charge in [-0.15, -0.1) is 0 Å². The van der Waals surface area contributed by atoms with E-state index in [0.717, 1.165) is 0 Å². The molecule has 0 bridgehead atoms. The van der Waals surface area contributed by atoms with Crippen LogP contribution in [0.15, 0.2) is 62.6 Å². The van der Waals surface area contributed by atoms with Crippen molar-refractivity contribution in [2.24, 2.45) is 5.14 Å². The molecule has 0 fully saturated rings. The summed E-state index contributed by atoms with van der Waals surface area (Å²) in [6, 6.07) is 10.7. The Balaban J connectivity index is 1.91. The third-order valence-corrected chi connectivity index (χ3v) is 4.33. The Morgan fingerprint density at radius 2 is 1.76 bits per heavy atom. The Labute approximate surface area is 141 Å². The minimum Gasteiger partial charge on any atom is -0.508 e. The average Bonchev–Trinajstić information content (AvgIpc) is 2.53. The summed E-state index contributed by atoms with van der Waals surface area (Å²) < 4.78 is 27.4. The summed E-state index contributed by atoms with van der Waals surface area (Å²) in [5.74, 6) is -0.783. The van der Waals surface area contributed by atoms with Gasteiger partial charge in [0.1, 0.15) is 16.9 Å². The molecule has 9 heteroatoms. The van der Waals surface area contributed by atoms with Crippen molar-refractivity contribution in [3.8, 4) is 5.75 Å². The zero-order valence-electron chi connectivity index (χ0n) is 12.6. The summed E-state index contributed by atoms with van der Waals surface area (Å²) in [5.41, 5.74) is -0.660. The average molecular weight is 360 g/mol. The standard InChI is InChI=1S/C16H12N2O6S/c17-25(22,23)12-5-2-10(3-6-12)18-15(20)13-7-9-1-4-11(19)8-14(9)24-16(13)21/h1-8,19H,(H,18,20)(H2,17,22,23). The van der Waals surface area contributed by atoms with E-state index in [1.807, 2.05) is 0 Å². The first-order valence-electron chi connectivity index (χ1n) is 6.95. The number of primary sulfonamides is 1. The molecule has 0 saturated carbocycles. The molecule has 25 heavy (non-hydrogen) atoms. The van der Waals surface area contributed by atoms with Crippen molar-refractivity contribution >= 4 is 32.6 Å². The molecule has 128 valence electrons. The van der Waals surface area contributed by atoms with Crippen LogP contribution >= 0.6 is 0 Å². The number of nitrogens with two attached hydrogens (primary N) is 1. The highest BCUT2D eigenvalue weighted by Gasteiger charge is 2.15. The molecule has 8 nitrogen and oxygen atoms in total. The van der Waals surface area contributed by atoms with E-state index < -0.39 is 21.6 Å². The minimum absolute atomic E-state index is 0.0669. The summed E-state index contributed by atoms with van der Waals surface area (Å²) in [6.07, 6.45) is 0. The number of benzene rings is 2. The molecule has 1 heterocycles. The van der Waals surface area contributed by atoms with E-state index in [4.69, 9.17) is 9.56 Å². The number of nitrogens with one attached hydrogen (secondary N) is 1. The number of aromatic hydroxyl groups is 1. The summed E-state index contributed by atoms with van der Waals surface area (Å²) in [6.45, 7) is 0. The molecule has 0 aliphatic heterocycles. The summed E-state index contributed by atoms with van der Waals surface area (Å²) >= 11 is 0. The molecule has 0 spiro atoms. The number of phenols is 1. The Bertz CT molecular complexity index is 1130. The number of anilines is 1. The van der Waals surface area contributed by atoms with Crippen LogP contribution in [0.4, 0.5) is 5.69 Å². The molecule has 3 aromatic rings. The first-order chi connectivity index (χ1) is 11.7. The molecule has 0 atom stereocenters. The van der Waals surface area contributed by atoms with Gasteiger partial charge in [0.25, 0.3) is 5.91 Å². The lowest BCUT2D eigenvalue weighted by Gasteiger charge is -2.06. The SMILES string of the molecule is NS(=O)(=O)c1ccc(NC(=O)c2cc3ccc(O)cc3oc2=O)cc1. The Hall–Kier alpha value is -3.17. The van der Waals surface area contributed by atoms with E-state index in [2.05, 4.69) is 5.32 Å². The van der Waals surface area contributed by atoms with E-state index >= 15 is 0 Å². The molecular weight excluding hydrogens is 348 g/mol. The fourth-order valence-corrected chi connectivity index (χ4v) is 2.70. The van der Waals surface area contributed by atoms with Gasteiger partial charge in [-0.05, 0) is 42.5 Å². The number of hydrogen-bond acceptors (Lipinski definition) is 6. The second-order valence-electron chi connectivity index (χ2n) is 5.19. The van der Waals surface area contributed by atoms with E-state index in [1.54, 1.807) is 0 Å². The molecule has 0 radical (unpaired) electrons. The van der Waals surface area contributed by atoms with Crippen molar-refractivity contribution in [3.05, 3.63) is 64.5 Å². The fourth-order valence-electron chi connectivity index (χ4n) is 2.18. The molecule has 3 rings (SSSR count). The number of carbonyl (C=O) groups excluding carboxylic acids is 1. The predicted octanol–water partition coefficient (Wildman–Crippen LogP) is 1.40. The Kier molecular flexibility index (Phi) is 4.03. The predicted molar refractivity (Wildman–Crippen MR) is 89.9 cm³/mol. The van der Waals surface area contributed by atoms with Crippen LogP contribution < -0.4 is 16.1 Å². The molecular formula is C16H12N2O6S. The lowest BCUT2D eigenvalue weighted by molar-refractivity contribution is 0.102. The smallest absolute Gasteiger partial charge is 0.349 e. The number of fused-ring (bicyclic) bond motifs is 1. The van der Waals surface area contributed by atoms with Crippen molar-refractivity contribution in [2.45, 2.75) is 4.90 Å². The van der Waals surface area contributed by atoms with E-state index in [9.17, 15) is 23.1 Å². The Morgan fingerprint density at radius 3 is 2.40 bits per heavy atom. The maximum Gasteiger partial charge on any atom is 0.349 e. The number of rotatable bonds is 3. The van der Waals surface area contributed by atoms with Gasteiger partial charge in [0.2, 0.25) is 10.0 Å². The highest BCUT2D eigenvalue weighted by Crippen LogP contribution is 2.20. The molecule has 0 saturated heterocycles. The number of carbonyl (C=O) groups is 1. The second-order valence-corrected chi connectivity index (χ2v) is 6.75. The van der Waals surface area contributed by atoms with Crippen molar-refractivity contribution < 1.29 is 22.7 Å². The minimum atomic E-state index is -3.83. The summed E-state index contributed by atoms with van der Waals surface area (Å²) in [7, 11) is -3.83. The van der Waals surface area contributed by atoms with Crippen molar-refractivity contribution in [2.75, 3.05) is 5.32 Å².